The lowest BCUT2D eigenvalue weighted by Crippen LogP contribution is -2.45. The number of aromatic nitrogens is 2. The maximum atomic E-state index is 11.4. The van der Waals surface area contributed by atoms with E-state index in [9.17, 15) is 20.0 Å². The number of hydrogen-bond donors (Lipinski definition) is 1. The Kier molecular flexibility index (Phi) is 4.35. The van der Waals surface area contributed by atoms with Gasteiger partial charge < -0.3 is 5.11 Å². The molecule has 0 unspecified atom stereocenters. The number of nitrogens with zero attached hydrogens (tertiary/aromatic N) is 4. The van der Waals surface area contributed by atoms with Crippen molar-refractivity contribution in [2.24, 2.45) is 0 Å². The van der Waals surface area contributed by atoms with Crippen LogP contribution in [-0.2, 0) is 6.54 Å². The first-order chi connectivity index (χ1) is 10.7. The standard InChI is InChI=1S/C15H18N4O4/c1-15(2,3)18(14(20)21)12-6-4-11(5-7-12)9-17-10-13(8-16-17)19(22)23/h4-8,10H,9H2,1-3H3,(H,20,21). The van der Waals surface area contributed by atoms with E-state index in [1.54, 1.807) is 24.3 Å². The fraction of sp³-hybridized carbons (Fsp3) is 0.333. The van der Waals surface area contributed by atoms with Crippen LogP contribution in [0.25, 0.3) is 0 Å². The molecular weight excluding hydrogens is 300 g/mol. The summed E-state index contributed by atoms with van der Waals surface area (Å²) in [5, 5.41) is 23.9. The molecule has 0 aliphatic heterocycles. The monoisotopic (exact) mass is 318 g/mol. The first-order valence-corrected chi connectivity index (χ1v) is 6.97. The van der Waals surface area contributed by atoms with Crippen molar-refractivity contribution in [2.45, 2.75) is 32.9 Å². The first kappa shape index (κ1) is 16.5. The summed E-state index contributed by atoms with van der Waals surface area (Å²) in [7, 11) is 0. The van der Waals surface area contributed by atoms with Gasteiger partial charge in [-0.1, -0.05) is 12.1 Å². The summed E-state index contributed by atoms with van der Waals surface area (Å²) in [4.78, 5) is 22.9. The number of carbonyl (C=O) groups is 1. The minimum atomic E-state index is -1.02. The van der Waals surface area contributed by atoms with Crippen LogP contribution < -0.4 is 4.90 Å². The van der Waals surface area contributed by atoms with Gasteiger partial charge in [0, 0.05) is 11.2 Å². The molecule has 0 bridgehead atoms. The molecule has 23 heavy (non-hydrogen) atoms. The lowest BCUT2D eigenvalue weighted by Gasteiger charge is -2.33. The Bertz CT molecular complexity index is 716. The second-order valence-electron chi connectivity index (χ2n) is 6.11. The van der Waals surface area contributed by atoms with E-state index in [0.29, 0.717) is 12.2 Å². The van der Waals surface area contributed by atoms with Crippen molar-refractivity contribution in [2.75, 3.05) is 4.90 Å². The zero-order valence-electron chi connectivity index (χ0n) is 13.1. The van der Waals surface area contributed by atoms with Crippen molar-refractivity contribution < 1.29 is 14.8 Å². The zero-order valence-corrected chi connectivity index (χ0v) is 13.1. The predicted octanol–water partition coefficient (Wildman–Crippen LogP) is 3.12. The molecule has 122 valence electrons. The largest absolute Gasteiger partial charge is 0.465 e. The van der Waals surface area contributed by atoms with Gasteiger partial charge in [-0.3, -0.25) is 19.7 Å². The van der Waals surface area contributed by atoms with Crippen molar-refractivity contribution in [3.8, 4) is 0 Å². The van der Waals surface area contributed by atoms with Gasteiger partial charge in [0.25, 0.3) is 0 Å². The number of carboxylic acid groups (broad SMARTS) is 1. The molecule has 1 amide bonds. The van der Waals surface area contributed by atoms with Crippen LogP contribution in [0.5, 0.6) is 0 Å². The van der Waals surface area contributed by atoms with Crippen LogP contribution in [0.2, 0.25) is 0 Å². The fourth-order valence-corrected chi connectivity index (χ4v) is 2.26. The molecule has 2 aromatic rings. The Morgan fingerprint density at radius 3 is 2.39 bits per heavy atom. The second kappa shape index (κ2) is 6.07. The van der Waals surface area contributed by atoms with E-state index in [0.717, 1.165) is 5.56 Å². The maximum absolute atomic E-state index is 11.4. The van der Waals surface area contributed by atoms with E-state index in [1.807, 2.05) is 20.8 Å². The number of hydrogen-bond acceptors (Lipinski definition) is 4. The highest BCUT2D eigenvalue weighted by atomic mass is 16.6. The first-order valence-electron chi connectivity index (χ1n) is 6.97. The molecule has 0 saturated heterocycles. The van der Waals surface area contributed by atoms with Gasteiger partial charge in [0.2, 0.25) is 0 Å². The normalized spacial score (nSPS) is 11.3. The smallest absolute Gasteiger partial charge is 0.412 e. The molecule has 1 heterocycles. The van der Waals surface area contributed by atoms with E-state index in [-0.39, 0.29) is 5.69 Å². The average molecular weight is 318 g/mol. The number of benzene rings is 1. The molecule has 0 spiro atoms. The summed E-state index contributed by atoms with van der Waals surface area (Å²) in [6.45, 7) is 5.82. The van der Waals surface area contributed by atoms with Crippen molar-refractivity contribution in [1.29, 1.82) is 0 Å². The summed E-state index contributed by atoms with van der Waals surface area (Å²) >= 11 is 0. The number of amides is 1. The SMILES string of the molecule is CC(C)(C)N(C(=O)O)c1ccc(Cn2cc([N+](=O)[O-])cn2)cc1. The Balaban J connectivity index is 2.18. The Hall–Kier alpha value is -2.90. The molecule has 2 rings (SSSR count). The predicted molar refractivity (Wildman–Crippen MR) is 84.7 cm³/mol. The number of nitro groups is 1. The summed E-state index contributed by atoms with van der Waals surface area (Å²) in [6.07, 6.45) is 1.53. The van der Waals surface area contributed by atoms with Gasteiger partial charge in [-0.25, -0.2) is 4.79 Å². The van der Waals surface area contributed by atoms with Crippen molar-refractivity contribution >= 4 is 17.5 Å². The van der Waals surface area contributed by atoms with Crippen LogP contribution in [-0.4, -0.2) is 31.4 Å². The quantitative estimate of drug-likeness (QED) is 0.689. The van der Waals surface area contributed by atoms with Gasteiger partial charge in [0.1, 0.15) is 12.4 Å². The highest BCUT2D eigenvalue weighted by molar-refractivity contribution is 5.87. The number of anilines is 1. The summed E-state index contributed by atoms with van der Waals surface area (Å²) in [5.41, 5.74) is 0.813. The Morgan fingerprint density at radius 2 is 1.96 bits per heavy atom. The lowest BCUT2D eigenvalue weighted by molar-refractivity contribution is -0.385. The van der Waals surface area contributed by atoms with Gasteiger partial charge in [-0.05, 0) is 38.5 Å². The number of rotatable bonds is 4. The van der Waals surface area contributed by atoms with Crippen LogP contribution in [0.4, 0.5) is 16.2 Å². The highest BCUT2D eigenvalue weighted by Crippen LogP contribution is 2.24. The molecule has 1 aromatic heterocycles. The third kappa shape index (κ3) is 3.85. The van der Waals surface area contributed by atoms with Crippen molar-refractivity contribution in [3.05, 3.63) is 52.3 Å². The molecule has 0 radical (unpaired) electrons. The summed E-state index contributed by atoms with van der Waals surface area (Å²) in [5.74, 6) is 0. The van der Waals surface area contributed by atoms with Crippen molar-refractivity contribution in [3.63, 3.8) is 0 Å². The van der Waals surface area contributed by atoms with Crippen LogP contribution in [0.15, 0.2) is 36.7 Å². The third-order valence-electron chi connectivity index (χ3n) is 3.23. The molecule has 8 nitrogen and oxygen atoms in total. The van der Waals surface area contributed by atoms with Gasteiger partial charge in [-0.2, -0.15) is 5.10 Å². The minimum Gasteiger partial charge on any atom is -0.465 e. The van der Waals surface area contributed by atoms with Crippen LogP contribution in [0.1, 0.15) is 26.3 Å². The van der Waals surface area contributed by atoms with E-state index in [4.69, 9.17) is 0 Å². The lowest BCUT2D eigenvalue weighted by atomic mass is 10.0. The van der Waals surface area contributed by atoms with Gasteiger partial charge in [0.05, 0.1) is 11.5 Å². The third-order valence-corrected chi connectivity index (χ3v) is 3.23. The van der Waals surface area contributed by atoms with Gasteiger partial charge >= 0.3 is 11.8 Å². The summed E-state index contributed by atoms with van der Waals surface area (Å²) < 4.78 is 1.46. The van der Waals surface area contributed by atoms with E-state index in [2.05, 4.69) is 5.10 Å². The summed E-state index contributed by atoms with van der Waals surface area (Å²) in [6, 6.07) is 6.99. The van der Waals surface area contributed by atoms with E-state index in [1.165, 1.54) is 22.0 Å². The van der Waals surface area contributed by atoms with Crippen LogP contribution in [0.3, 0.4) is 0 Å². The van der Waals surface area contributed by atoms with Crippen LogP contribution in [0, 0.1) is 10.1 Å². The second-order valence-corrected chi connectivity index (χ2v) is 6.11. The van der Waals surface area contributed by atoms with Crippen molar-refractivity contribution in [1.82, 2.24) is 9.78 Å². The molecular formula is C15H18N4O4. The highest BCUT2D eigenvalue weighted by Gasteiger charge is 2.27. The molecule has 0 atom stereocenters. The molecule has 0 aliphatic rings. The van der Waals surface area contributed by atoms with Gasteiger partial charge in [-0.15, -0.1) is 0 Å². The minimum absolute atomic E-state index is 0.0635. The molecule has 1 N–H and O–H groups in total. The molecule has 1 aromatic carbocycles. The van der Waals surface area contributed by atoms with E-state index < -0.39 is 16.6 Å². The molecule has 8 heteroatoms. The molecule has 0 fully saturated rings. The van der Waals surface area contributed by atoms with Gasteiger partial charge in [0.15, 0.2) is 0 Å². The van der Waals surface area contributed by atoms with E-state index >= 15 is 0 Å². The average Bonchev–Trinajstić information content (AvgIpc) is 2.87. The molecule has 0 aliphatic carbocycles. The maximum Gasteiger partial charge on any atom is 0.412 e. The Morgan fingerprint density at radius 1 is 1.35 bits per heavy atom. The zero-order chi connectivity index (χ0) is 17.2. The molecule has 0 saturated carbocycles. The fourth-order valence-electron chi connectivity index (χ4n) is 2.26. The Labute approximate surface area is 133 Å². The van der Waals surface area contributed by atoms with Crippen LogP contribution >= 0.6 is 0 Å². The topological polar surface area (TPSA) is 102 Å².